The van der Waals surface area contributed by atoms with Gasteiger partial charge in [-0.1, -0.05) is 32.5 Å². The number of benzene rings is 1. The quantitative estimate of drug-likeness (QED) is 0.391. The minimum atomic E-state index is -0.857. The summed E-state index contributed by atoms with van der Waals surface area (Å²) in [6.07, 6.45) is 3.50. The van der Waals surface area contributed by atoms with Gasteiger partial charge in [-0.3, -0.25) is 0 Å². The lowest BCUT2D eigenvalue weighted by molar-refractivity contribution is 0.358. The van der Waals surface area contributed by atoms with E-state index >= 15 is 8.78 Å². The third kappa shape index (κ3) is 4.51. The van der Waals surface area contributed by atoms with Crippen molar-refractivity contribution in [2.75, 3.05) is 25.8 Å². The largest absolute Gasteiger partial charge is 0.494 e. The molecule has 0 saturated carbocycles. The number of hydrogen-bond donors (Lipinski definition) is 1. The molecule has 0 unspecified atom stereocenters. The van der Waals surface area contributed by atoms with Gasteiger partial charge in [-0.25, -0.2) is 23.7 Å². The van der Waals surface area contributed by atoms with Crippen LogP contribution in [0, 0.1) is 17.0 Å². The van der Waals surface area contributed by atoms with E-state index in [2.05, 4.69) is 41.0 Å². The summed E-state index contributed by atoms with van der Waals surface area (Å²) in [6, 6.07) is 2.73. The first-order chi connectivity index (χ1) is 14.6. The molecule has 0 bridgehead atoms. The minimum Gasteiger partial charge on any atom is -0.494 e. The molecule has 3 rings (SSSR count). The number of nitrogens with one attached hydrogen (secondary N) is 1. The molecule has 1 N–H and O–H groups in total. The van der Waals surface area contributed by atoms with Gasteiger partial charge in [0, 0.05) is 23.7 Å². The van der Waals surface area contributed by atoms with Crippen molar-refractivity contribution in [1.29, 1.82) is 0 Å². The van der Waals surface area contributed by atoms with Crippen molar-refractivity contribution in [2.24, 2.45) is 5.41 Å². The molecule has 1 atom stereocenters. The van der Waals surface area contributed by atoms with Crippen LogP contribution in [-0.4, -0.2) is 41.5 Å². The van der Waals surface area contributed by atoms with E-state index in [4.69, 9.17) is 9.47 Å². The molecule has 31 heavy (non-hydrogen) atoms. The van der Waals surface area contributed by atoms with Crippen molar-refractivity contribution >= 4 is 28.5 Å². The standard InChI is InChI=1S/C22H26F2N4O2S/c1-11(22(2,3)4)26-20-19-12(10-25-21(28-19)31-7)8-13(27-20)16-17(23)14(29-5)9-15(30-6)18(16)24/h8-11H,1-7H3,(H,26,27)/t11-/m1/s1. The number of anilines is 1. The SMILES string of the molecule is COc1cc(OC)c(F)c(-c2cc3cnc(SC)nc3c(N[C@H](C)C(C)(C)C)n2)c1F. The number of thioether (sulfide) groups is 1. The molecule has 0 amide bonds. The lowest BCUT2D eigenvalue weighted by Gasteiger charge is -2.29. The van der Waals surface area contributed by atoms with Crippen LogP contribution in [0.2, 0.25) is 0 Å². The summed E-state index contributed by atoms with van der Waals surface area (Å²) in [4.78, 5) is 13.4. The highest BCUT2D eigenvalue weighted by Gasteiger charge is 2.26. The number of hydrogen-bond acceptors (Lipinski definition) is 7. The molecule has 0 spiro atoms. The summed E-state index contributed by atoms with van der Waals surface area (Å²) in [6.45, 7) is 8.29. The maximum Gasteiger partial charge on any atom is 0.187 e. The van der Waals surface area contributed by atoms with Crippen LogP contribution >= 0.6 is 11.8 Å². The molecular formula is C22H26F2N4O2S. The molecule has 0 aliphatic carbocycles. The second kappa shape index (κ2) is 8.82. The maximum absolute atomic E-state index is 15.1. The number of rotatable bonds is 6. The Bertz CT molecular complexity index is 1090. The van der Waals surface area contributed by atoms with Gasteiger partial charge in [0.1, 0.15) is 5.52 Å². The first kappa shape index (κ1) is 23.0. The Hall–Kier alpha value is -2.68. The maximum atomic E-state index is 15.1. The zero-order valence-electron chi connectivity index (χ0n) is 18.6. The number of ether oxygens (including phenoxy) is 2. The molecule has 9 heteroatoms. The molecule has 0 saturated heterocycles. The summed E-state index contributed by atoms with van der Waals surface area (Å²) >= 11 is 1.40. The Morgan fingerprint density at radius 1 is 1.03 bits per heavy atom. The van der Waals surface area contributed by atoms with Crippen LogP contribution in [0.25, 0.3) is 22.2 Å². The highest BCUT2D eigenvalue weighted by Crippen LogP contribution is 2.39. The van der Waals surface area contributed by atoms with E-state index in [1.807, 2.05) is 13.2 Å². The molecule has 6 nitrogen and oxygen atoms in total. The fourth-order valence-corrected chi connectivity index (χ4v) is 3.22. The van der Waals surface area contributed by atoms with Crippen LogP contribution in [0.3, 0.4) is 0 Å². The predicted octanol–water partition coefficient (Wildman–Crippen LogP) is 5.56. The van der Waals surface area contributed by atoms with E-state index in [1.165, 1.54) is 32.0 Å². The van der Waals surface area contributed by atoms with Gasteiger partial charge < -0.3 is 14.8 Å². The van der Waals surface area contributed by atoms with Crippen molar-refractivity contribution in [1.82, 2.24) is 15.0 Å². The number of fused-ring (bicyclic) bond motifs is 1. The molecule has 1 aromatic carbocycles. The van der Waals surface area contributed by atoms with Gasteiger partial charge >= 0.3 is 0 Å². The second-order valence-corrected chi connectivity index (χ2v) is 8.94. The van der Waals surface area contributed by atoms with Gasteiger partial charge in [0.2, 0.25) is 0 Å². The Morgan fingerprint density at radius 3 is 2.16 bits per heavy atom. The third-order valence-electron chi connectivity index (χ3n) is 5.21. The third-order valence-corrected chi connectivity index (χ3v) is 5.77. The van der Waals surface area contributed by atoms with Gasteiger partial charge in [0.25, 0.3) is 0 Å². The van der Waals surface area contributed by atoms with E-state index in [9.17, 15) is 0 Å². The highest BCUT2D eigenvalue weighted by atomic mass is 32.2. The fraction of sp³-hybridized carbons (Fsp3) is 0.409. The fourth-order valence-electron chi connectivity index (χ4n) is 2.88. The van der Waals surface area contributed by atoms with Crippen LogP contribution < -0.4 is 14.8 Å². The van der Waals surface area contributed by atoms with E-state index in [-0.39, 0.29) is 34.2 Å². The Kier molecular flexibility index (Phi) is 6.54. The van der Waals surface area contributed by atoms with Crippen LogP contribution in [-0.2, 0) is 0 Å². The van der Waals surface area contributed by atoms with Crippen molar-refractivity contribution in [3.8, 4) is 22.8 Å². The van der Waals surface area contributed by atoms with E-state index < -0.39 is 11.6 Å². The molecule has 3 aromatic rings. The molecular weight excluding hydrogens is 422 g/mol. The highest BCUT2D eigenvalue weighted by molar-refractivity contribution is 7.98. The van der Waals surface area contributed by atoms with Crippen molar-refractivity contribution in [3.63, 3.8) is 0 Å². The first-order valence-electron chi connectivity index (χ1n) is 9.69. The lowest BCUT2D eigenvalue weighted by Crippen LogP contribution is -2.31. The summed E-state index contributed by atoms with van der Waals surface area (Å²) in [5, 5.41) is 4.55. The summed E-state index contributed by atoms with van der Waals surface area (Å²) in [5.74, 6) is -1.56. The van der Waals surface area contributed by atoms with Gasteiger partial charge in [0.15, 0.2) is 34.1 Å². The number of nitrogens with zero attached hydrogens (tertiary/aromatic N) is 3. The van der Waals surface area contributed by atoms with Crippen LogP contribution in [0.1, 0.15) is 27.7 Å². The molecule has 0 aliphatic rings. The van der Waals surface area contributed by atoms with Crippen molar-refractivity contribution in [3.05, 3.63) is 30.0 Å². The first-order valence-corrected chi connectivity index (χ1v) is 10.9. The normalized spacial score (nSPS) is 12.7. The van der Waals surface area contributed by atoms with Gasteiger partial charge in [-0.15, -0.1) is 0 Å². The van der Waals surface area contributed by atoms with Crippen LogP contribution in [0.4, 0.5) is 14.6 Å². The molecule has 0 radical (unpaired) electrons. The topological polar surface area (TPSA) is 69.2 Å². The zero-order valence-corrected chi connectivity index (χ0v) is 19.4. The minimum absolute atomic E-state index is 0.000634. The van der Waals surface area contributed by atoms with E-state index in [0.29, 0.717) is 21.9 Å². The number of pyridine rings is 1. The summed E-state index contributed by atoms with van der Waals surface area (Å²) < 4.78 is 40.4. The average molecular weight is 449 g/mol. The molecule has 2 heterocycles. The average Bonchev–Trinajstić information content (AvgIpc) is 2.73. The number of aromatic nitrogens is 3. The zero-order chi connectivity index (χ0) is 22.9. The Morgan fingerprint density at radius 2 is 1.65 bits per heavy atom. The summed E-state index contributed by atoms with van der Waals surface area (Å²) in [5.41, 5.74) is 0.243. The Balaban J connectivity index is 2.30. The molecule has 2 aromatic heterocycles. The second-order valence-electron chi connectivity index (χ2n) is 8.17. The van der Waals surface area contributed by atoms with Crippen molar-refractivity contribution in [2.45, 2.75) is 38.9 Å². The smallest absolute Gasteiger partial charge is 0.187 e. The monoisotopic (exact) mass is 448 g/mol. The van der Waals surface area contributed by atoms with Gasteiger partial charge in [-0.05, 0) is 24.7 Å². The van der Waals surface area contributed by atoms with E-state index in [1.54, 1.807) is 12.3 Å². The summed E-state index contributed by atoms with van der Waals surface area (Å²) in [7, 11) is 2.62. The lowest BCUT2D eigenvalue weighted by atomic mass is 9.88. The number of methoxy groups -OCH3 is 2. The van der Waals surface area contributed by atoms with Crippen LogP contribution in [0.5, 0.6) is 11.5 Å². The van der Waals surface area contributed by atoms with Gasteiger partial charge in [-0.2, -0.15) is 0 Å². The molecule has 166 valence electrons. The van der Waals surface area contributed by atoms with Gasteiger partial charge in [0.05, 0.1) is 25.5 Å². The van der Waals surface area contributed by atoms with E-state index in [0.717, 1.165) is 0 Å². The number of halogens is 2. The van der Waals surface area contributed by atoms with Crippen LogP contribution in [0.15, 0.2) is 23.5 Å². The Labute approximate surface area is 184 Å². The molecule has 0 fully saturated rings. The predicted molar refractivity (Wildman–Crippen MR) is 120 cm³/mol. The van der Waals surface area contributed by atoms with Crippen molar-refractivity contribution < 1.29 is 18.3 Å². The molecule has 0 aliphatic heterocycles.